The summed E-state index contributed by atoms with van der Waals surface area (Å²) >= 11 is 0. The molecule has 6 aromatic rings. The van der Waals surface area contributed by atoms with E-state index in [9.17, 15) is 0 Å². The minimum Gasteiger partial charge on any atom is -0.102 e. The van der Waals surface area contributed by atoms with Crippen molar-refractivity contribution in [3.05, 3.63) is 83.5 Å². The van der Waals surface area contributed by atoms with E-state index in [4.69, 9.17) is 0 Å². The molecule has 0 unspecified atom stereocenters. The number of rotatable bonds is 12. The largest absolute Gasteiger partial charge is 0.139 e. The second-order valence-corrected chi connectivity index (χ2v) is 23.3. The average molecular weight is 851 g/mol. The molecule has 6 rings (SSSR count). The average Bonchev–Trinajstić information content (AvgIpc) is 3.27. The Morgan fingerprint density at radius 3 is 1.07 bits per heavy atom. The van der Waals surface area contributed by atoms with Gasteiger partial charge in [0, 0.05) is 32.6 Å². The van der Waals surface area contributed by atoms with Crippen molar-refractivity contribution in [1.82, 2.24) is 0 Å². The van der Waals surface area contributed by atoms with Gasteiger partial charge in [-0.1, -0.05) is 27.4 Å². The standard InChI is InChI=1S/C45H72B22/c1-16-17(2)21(6)31(22(7)18(16)3)34-25(10)19(4)23(8)32-30(15)37-33(29(14)36(32)34)24(9)20(5)26(11)35(37)40-42(58-47)41(46)39-38(44(40)61(50)59-48)27(12)28(13)43(62(64(51)52)65(53)54)45(39)63(66(55)56)67(57)60-49/h58-60H,46-57H2,1-15H3. The molecule has 0 radical (unpaired) electrons. The van der Waals surface area contributed by atoms with E-state index in [1.165, 1.54) is 129 Å². The SMILES string of the molecule is BBB(B)B(B(B)B)c1c(B(B(B)B)B(B)B)c(C)c(C)c2c(B(B)BB)c(-c3c(C)c(C)c(C)c4c(C)c5c(-c6c(C)c(C)c(C)c(C)c6C)c(C)c(C)c(C)c5c(C)c34)c(BB)c(B)c12. The number of aryl methyl sites for hydroxylation is 5. The molecule has 318 valence electrons. The Kier molecular flexibility index (Phi) is 16.1. The second-order valence-electron chi connectivity index (χ2n) is 23.3. The fraction of sp³-hybridized carbons (Fsp3) is 0.333. The molecule has 22 heteroatoms. The van der Waals surface area contributed by atoms with Crippen LogP contribution in [0.25, 0.3) is 54.6 Å². The van der Waals surface area contributed by atoms with E-state index < -0.39 is 0 Å². The highest BCUT2D eigenvalue weighted by Gasteiger charge is 2.39. The van der Waals surface area contributed by atoms with Gasteiger partial charge in [-0.2, -0.15) is 0 Å². The van der Waals surface area contributed by atoms with Crippen molar-refractivity contribution in [3.8, 4) is 22.3 Å². The van der Waals surface area contributed by atoms with Crippen LogP contribution >= 0.6 is 0 Å². The Morgan fingerprint density at radius 2 is 0.687 bits per heavy atom. The molecule has 0 atom stereocenters. The van der Waals surface area contributed by atoms with Crippen molar-refractivity contribution in [1.29, 1.82) is 0 Å². The highest BCUT2D eigenvalue weighted by atomic mass is 14.3. The fourth-order valence-corrected chi connectivity index (χ4v) is 14.3. The smallest absolute Gasteiger partial charge is 0.102 e. The Labute approximate surface area is 425 Å². The van der Waals surface area contributed by atoms with E-state index in [2.05, 4.69) is 197 Å². The summed E-state index contributed by atoms with van der Waals surface area (Å²) in [7, 11) is 33.2. The van der Waals surface area contributed by atoms with Crippen LogP contribution in [0.3, 0.4) is 0 Å². The second kappa shape index (κ2) is 20.0. The zero-order valence-electron chi connectivity index (χ0n) is 48.2. The molecule has 0 N–H and O–H groups in total. The lowest BCUT2D eigenvalue weighted by Crippen LogP contribution is -2.72. The summed E-state index contributed by atoms with van der Waals surface area (Å²) in [5.74, 6) is 0. The Morgan fingerprint density at radius 1 is 0.313 bits per heavy atom. The molecule has 0 saturated heterocycles. The molecule has 0 aromatic heterocycles. The molecule has 0 bridgehead atoms. The highest BCUT2D eigenvalue weighted by molar-refractivity contribution is 7.89. The van der Waals surface area contributed by atoms with Gasteiger partial charge in [0.1, 0.15) is 15.0 Å². The summed E-state index contributed by atoms with van der Waals surface area (Å²) in [4.78, 5) is 0. The predicted octanol–water partition coefficient (Wildman–Crippen LogP) is -6.63. The van der Waals surface area contributed by atoms with Crippen LogP contribution in [0, 0.1) is 104 Å². The fourth-order valence-electron chi connectivity index (χ4n) is 14.3. The number of hydrogen-bond donors (Lipinski definition) is 0. The van der Waals surface area contributed by atoms with Crippen LogP contribution in [0.15, 0.2) is 0 Å². The quantitative estimate of drug-likeness (QED) is 0.0851. The van der Waals surface area contributed by atoms with Crippen molar-refractivity contribution in [3.63, 3.8) is 0 Å². The summed E-state index contributed by atoms with van der Waals surface area (Å²) in [6.07, 6.45) is 2.20. The Hall–Kier alpha value is -2.47. The minimum absolute atomic E-state index is 0.377. The minimum atomic E-state index is 0.377. The summed E-state index contributed by atoms with van der Waals surface area (Å²) in [5.41, 5.74) is 35.7. The van der Waals surface area contributed by atoms with E-state index in [1.807, 2.05) is 0 Å². The number of hydrogen-bond acceptors (Lipinski definition) is 0. The van der Waals surface area contributed by atoms with Gasteiger partial charge in [-0.15, -0.1) is 5.46 Å². The summed E-state index contributed by atoms with van der Waals surface area (Å²) in [6, 6.07) is 0. The van der Waals surface area contributed by atoms with Crippen LogP contribution < -0.4 is 27.3 Å². The summed E-state index contributed by atoms with van der Waals surface area (Å²) < 4.78 is 0. The molecule has 0 fully saturated rings. The van der Waals surface area contributed by atoms with Gasteiger partial charge in [-0.25, -0.2) is 0 Å². The van der Waals surface area contributed by atoms with Crippen LogP contribution in [-0.2, 0) is 0 Å². The molecule has 0 saturated carbocycles. The van der Waals surface area contributed by atoms with Crippen LogP contribution in [0.1, 0.15) is 83.5 Å². The van der Waals surface area contributed by atoms with Crippen molar-refractivity contribution in [2.75, 3.05) is 0 Å². The monoisotopic (exact) mass is 855 g/mol. The topological polar surface area (TPSA) is 0 Å². The van der Waals surface area contributed by atoms with Crippen molar-refractivity contribution in [2.24, 2.45) is 0 Å². The predicted molar refractivity (Wildman–Crippen MR) is 363 cm³/mol. The summed E-state index contributed by atoms with van der Waals surface area (Å²) in [6.45, 7) is 37.7. The third-order valence-corrected chi connectivity index (χ3v) is 19.1. The molecular formula is C45H72B22. The maximum absolute atomic E-state index is 2.56. The van der Waals surface area contributed by atoms with Crippen LogP contribution in [0.5, 0.6) is 0 Å². The van der Waals surface area contributed by atoms with E-state index in [0.717, 1.165) is 14.2 Å². The van der Waals surface area contributed by atoms with E-state index >= 15 is 0 Å². The van der Waals surface area contributed by atoms with Gasteiger partial charge in [0.15, 0.2) is 0 Å². The number of benzene rings is 6. The van der Waals surface area contributed by atoms with Gasteiger partial charge in [0.05, 0.1) is 112 Å². The van der Waals surface area contributed by atoms with Gasteiger partial charge in [-0.3, -0.25) is 0 Å². The highest BCUT2D eigenvalue weighted by Crippen LogP contribution is 2.49. The van der Waals surface area contributed by atoms with Gasteiger partial charge >= 0.3 is 0 Å². The van der Waals surface area contributed by atoms with Crippen molar-refractivity contribution < 1.29 is 0 Å². The number of fused-ring (bicyclic) bond motifs is 3. The first-order chi connectivity index (χ1) is 31.2. The van der Waals surface area contributed by atoms with Crippen LogP contribution in [0.2, 0.25) is 0 Å². The molecule has 6 aromatic carbocycles. The van der Waals surface area contributed by atoms with E-state index in [1.54, 1.807) is 43.8 Å². The lowest BCUT2D eigenvalue weighted by atomic mass is 8.67. The molecule has 0 aliphatic heterocycles. The van der Waals surface area contributed by atoms with Crippen LogP contribution in [-0.4, -0.2) is 159 Å². The normalized spacial score (nSPS) is 11.3. The molecule has 67 heavy (non-hydrogen) atoms. The zero-order chi connectivity index (χ0) is 50.5. The molecule has 0 aliphatic rings. The maximum atomic E-state index is 2.56. The first kappa shape index (κ1) is 53.9. The van der Waals surface area contributed by atoms with Gasteiger partial charge in [0.2, 0.25) is 0 Å². The molecule has 0 amide bonds. The van der Waals surface area contributed by atoms with Gasteiger partial charge in [0.25, 0.3) is 0 Å². The van der Waals surface area contributed by atoms with Crippen molar-refractivity contribution >= 4 is 219 Å². The van der Waals surface area contributed by atoms with E-state index in [-0.39, 0.29) is 0 Å². The lowest BCUT2D eigenvalue weighted by molar-refractivity contribution is 1.17. The van der Waals surface area contributed by atoms with E-state index in [0.29, 0.717) is 45.0 Å². The van der Waals surface area contributed by atoms with Gasteiger partial charge < -0.3 is 0 Å². The summed E-state index contributed by atoms with van der Waals surface area (Å²) in [5, 5.41) is 9.04. The molecule has 0 nitrogen and oxygen atoms in total. The molecule has 0 aliphatic carbocycles. The molecule has 0 heterocycles. The lowest BCUT2D eigenvalue weighted by Gasteiger charge is -2.37. The van der Waals surface area contributed by atoms with Crippen LogP contribution in [0.4, 0.5) is 0 Å². The Balaban J connectivity index is 2.02. The first-order valence-corrected chi connectivity index (χ1v) is 26.9. The maximum Gasteiger partial charge on any atom is 0.139 e. The molecular weight excluding hydrogens is 778 g/mol. The van der Waals surface area contributed by atoms with Crippen molar-refractivity contribution in [2.45, 2.75) is 104 Å². The Bertz CT molecular complexity index is 2990. The van der Waals surface area contributed by atoms with Gasteiger partial charge in [-0.05, 0) is 236 Å². The zero-order valence-corrected chi connectivity index (χ0v) is 48.2. The third kappa shape index (κ3) is 8.17. The molecule has 0 spiro atoms. The third-order valence-electron chi connectivity index (χ3n) is 19.1. The first-order valence-electron chi connectivity index (χ1n) is 26.9.